The third-order valence-electron chi connectivity index (χ3n) is 1.71. The molecule has 0 saturated carbocycles. The first-order valence-corrected chi connectivity index (χ1v) is 3.65. The number of allylic oxidation sites excluding steroid dienone is 6. The van der Waals surface area contributed by atoms with Crippen molar-refractivity contribution in [1.29, 1.82) is 0 Å². The minimum atomic E-state index is 0.316. The van der Waals surface area contributed by atoms with Gasteiger partial charge in [-0.15, -0.1) is 0 Å². The van der Waals surface area contributed by atoms with Gasteiger partial charge in [0.05, 0.1) is 0 Å². The summed E-state index contributed by atoms with van der Waals surface area (Å²) in [6.07, 6.45) is 9.07. The Morgan fingerprint density at radius 1 is 1.64 bits per heavy atom. The lowest BCUT2D eigenvalue weighted by Crippen LogP contribution is -1.98. The fourth-order valence-corrected chi connectivity index (χ4v) is 1.04. The maximum Gasteiger partial charge on any atom is 0.115 e. The van der Waals surface area contributed by atoms with Crippen molar-refractivity contribution in [3.63, 3.8) is 0 Å². The summed E-state index contributed by atoms with van der Waals surface area (Å²) in [4.78, 5) is 0. The molecule has 0 radical (unpaired) electrons. The van der Waals surface area contributed by atoms with Crippen LogP contribution in [0, 0.1) is 5.92 Å². The Morgan fingerprint density at radius 2 is 2.36 bits per heavy atom. The second kappa shape index (κ2) is 3.24. The van der Waals surface area contributed by atoms with Crippen LogP contribution in [-0.4, -0.2) is 5.11 Å². The lowest BCUT2D eigenvalue weighted by molar-refractivity contribution is 0.428. The van der Waals surface area contributed by atoms with Gasteiger partial charge >= 0.3 is 0 Å². The molecule has 1 heteroatoms. The van der Waals surface area contributed by atoms with E-state index in [0.29, 0.717) is 11.7 Å². The van der Waals surface area contributed by atoms with Crippen LogP contribution < -0.4 is 0 Å². The van der Waals surface area contributed by atoms with Gasteiger partial charge in [0.25, 0.3) is 0 Å². The molecule has 0 heterocycles. The van der Waals surface area contributed by atoms with Crippen LogP contribution in [0.4, 0.5) is 0 Å². The molecule has 0 spiro atoms. The van der Waals surface area contributed by atoms with Crippen molar-refractivity contribution in [2.24, 2.45) is 5.92 Å². The van der Waals surface area contributed by atoms with E-state index < -0.39 is 0 Å². The maximum absolute atomic E-state index is 9.12. The highest BCUT2D eigenvalue weighted by Crippen LogP contribution is 2.20. The molecule has 1 atom stereocenters. The molecule has 0 aliphatic heterocycles. The van der Waals surface area contributed by atoms with E-state index in [1.807, 2.05) is 12.2 Å². The summed E-state index contributed by atoms with van der Waals surface area (Å²) >= 11 is 0. The second-order valence-corrected chi connectivity index (χ2v) is 2.62. The van der Waals surface area contributed by atoms with Gasteiger partial charge in [0.2, 0.25) is 0 Å². The molecule has 1 N–H and O–H groups in total. The summed E-state index contributed by atoms with van der Waals surface area (Å²) in [5.41, 5.74) is 1.10. The van der Waals surface area contributed by atoms with Crippen molar-refractivity contribution in [2.75, 3.05) is 0 Å². The van der Waals surface area contributed by atoms with E-state index in [0.717, 1.165) is 5.57 Å². The zero-order valence-electron chi connectivity index (χ0n) is 6.62. The van der Waals surface area contributed by atoms with E-state index in [2.05, 4.69) is 13.5 Å². The lowest BCUT2D eigenvalue weighted by atomic mass is 9.95. The highest BCUT2D eigenvalue weighted by molar-refractivity contribution is 5.36. The molecule has 0 bridgehead atoms. The first-order chi connectivity index (χ1) is 5.24. The minimum absolute atomic E-state index is 0.316. The normalized spacial score (nSPS) is 26.8. The average Bonchev–Trinajstić information content (AvgIpc) is 1.98. The van der Waals surface area contributed by atoms with Gasteiger partial charge in [0.1, 0.15) is 5.76 Å². The fourth-order valence-electron chi connectivity index (χ4n) is 1.04. The van der Waals surface area contributed by atoms with E-state index >= 15 is 0 Å². The number of hydrogen-bond donors (Lipinski definition) is 1. The summed E-state index contributed by atoms with van der Waals surface area (Å²) < 4.78 is 0. The van der Waals surface area contributed by atoms with E-state index in [1.165, 1.54) is 0 Å². The van der Waals surface area contributed by atoms with Crippen LogP contribution in [0.5, 0.6) is 0 Å². The van der Waals surface area contributed by atoms with Gasteiger partial charge in [-0.1, -0.05) is 31.7 Å². The van der Waals surface area contributed by atoms with E-state index in [1.54, 1.807) is 18.2 Å². The molecule has 0 aromatic carbocycles. The topological polar surface area (TPSA) is 20.2 Å². The highest BCUT2D eigenvalue weighted by atomic mass is 16.3. The van der Waals surface area contributed by atoms with Crippen molar-refractivity contribution < 1.29 is 5.11 Å². The average molecular weight is 148 g/mol. The third kappa shape index (κ3) is 1.84. The lowest BCUT2D eigenvalue weighted by Gasteiger charge is -2.11. The molecule has 0 amide bonds. The Bertz CT molecular complexity index is 244. The van der Waals surface area contributed by atoms with Crippen molar-refractivity contribution in [1.82, 2.24) is 0 Å². The van der Waals surface area contributed by atoms with E-state index in [9.17, 15) is 0 Å². The molecule has 1 unspecified atom stereocenters. The number of aliphatic hydroxyl groups is 1. The first kappa shape index (κ1) is 7.86. The Kier molecular flexibility index (Phi) is 2.32. The summed E-state index contributed by atoms with van der Waals surface area (Å²) in [7, 11) is 0. The summed E-state index contributed by atoms with van der Waals surface area (Å²) in [5.74, 6) is 0.695. The third-order valence-corrected chi connectivity index (χ3v) is 1.71. The molecular weight excluding hydrogens is 136 g/mol. The zero-order valence-corrected chi connectivity index (χ0v) is 6.62. The predicted octanol–water partition coefficient (Wildman–Crippen LogP) is 2.75. The molecule has 0 saturated heterocycles. The molecule has 1 aliphatic carbocycles. The van der Waals surface area contributed by atoms with Crippen molar-refractivity contribution in [3.05, 3.63) is 48.3 Å². The standard InChI is InChI=1S/C10H12O/c1-3-4-9-7-10(11)6-5-8(9)2/h3-8,11H,1H2,2H3/b9-4-. The predicted molar refractivity (Wildman–Crippen MR) is 47.3 cm³/mol. The minimum Gasteiger partial charge on any atom is -0.508 e. The van der Waals surface area contributed by atoms with Crippen LogP contribution in [0.1, 0.15) is 6.92 Å². The molecule has 0 fully saturated rings. The molecule has 58 valence electrons. The largest absolute Gasteiger partial charge is 0.508 e. The Balaban J connectivity index is 2.89. The number of hydrogen-bond acceptors (Lipinski definition) is 1. The Hall–Kier alpha value is -1.24. The van der Waals surface area contributed by atoms with Gasteiger partial charge in [-0.2, -0.15) is 0 Å². The van der Waals surface area contributed by atoms with Crippen LogP contribution in [0.2, 0.25) is 0 Å². The first-order valence-electron chi connectivity index (χ1n) is 3.65. The van der Waals surface area contributed by atoms with E-state index in [-0.39, 0.29) is 0 Å². The van der Waals surface area contributed by atoms with Crippen LogP contribution in [0.25, 0.3) is 0 Å². The second-order valence-electron chi connectivity index (χ2n) is 2.62. The van der Waals surface area contributed by atoms with Gasteiger partial charge < -0.3 is 5.11 Å². The smallest absolute Gasteiger partial charge is 0.115 e. The van der Waals surface area contributed by atoms with Crippen LogP contribution in [0.3, 0.4) is 0 Å². The van der Waals surface area contributed by atoms with Gasteiger partial charge in [-0.05, 0) is 23.6 Å². The summed E-state index contributed by atoms with van der Waals surface area (Å²) in [6, 6.07) is 0. The monoisotopic (exact) mass is 148 g/mol. The molecular formula is C10H12O. The summed E-state index contributed by atoms with van der Waals surface area (Å²) in [5, 5.41) is 9.12. The van der Waals surface area contributed by atoms with Crippen LogP contribution in [-0.2, 0) is 0 Å². The van der Waals surface area contributed by atoms with Crippen molar-refractivity contribution in [3.8, 4) is 0 Å². The van der Waals surface area contributed by atoms with Gasteiger partial charge in [-0.3, -0.25) is 0 Å². The van der Waals surface area contributed by atoms with Crippen LogP contribution in [0.15, 0.2) is 48.3 Å². The summed E-state index contributed by atoms with van der Waals surface area (Å²) in [6.45, 7) is 5.68. The highest BCUT2D eigenvalue weighted by Gasteiger charge is 2.06. The van der Waals surface area contributed by atoms with Gasteiger partial charge in [0.15, 0.2) is 0 Å². The van der Waals surface area contributed by atoms with Crippen molar-refractivity contribution >= 4 is 0 Å². The number of aliphatic hydroxyl groups excluding tert-OH is 1. The Morgan fingerprint density at radius 3 is 3.00 bits per heavy atom. The Labute approximate surface area is 67.1 Å². The fraction of sp³-hybridized carbons (Fsp3) is 0.200. The van der Waals surface area contributed by atoms with E-state index in [4.69, 9.17) is 5.11 Å². The molecule has 0 aromatic heterocycles. The quantitative estimate of drug-likeness (QED) is 0.606. The van der Waals surface area contributed by atoms with Gasteiger partial charge in [-0.25, -0.2) is 0 Å². The molecule has 1 aliphatic rings. The zero-order chi connectivity index (χ0) is 8.27. The molecule has 11 heavy (non-hydrogen) atoms. The SMILES string of the molecule is C=C/C=C1/C=C(O)C=CC1C. The molecule has 0 aromatic rings. The van der Waals surface area contributed by atoms with Crippen LogP contribution >= 0.6 is 0 Å². The van der Waals surface area contributed by atoms with Gasteiger partial charge in [0, 0.05) is 0 Å². The maximum atomic E-state index is 9.12. The van der Waals surface area contributed by atoms with Crippen molar-refractivity contribution in [2.45, 2.75) is 6.92 Å². The molecule has 1 nitrogen and oxygen atoms in total. The number of rotatable bonds is 1. The molecule has 1 rings (SSSR count).